The minimum Gasteiger partial charge on any atom is -0.756 e. The molecule has 0 heterocycles. The zero-order chi connectivity index (χ0) is 21.8. The highest BCUT2D eigenvalue weighted by molar-refractivity contribution is 7.45. The maximum Gasteiger partial charge on any atom is 0.268 e. The number of phosphoric ester groups is 1. The number of phosphoric acid groups is 1. The van der Waals surface area contributed by atoms with E-state index in [0.29, 0.717) is 6.54 Å². The number of unbranched alkanes of at least 4 members (excludes halogenated alkanes) is 13. The molecule has 0 rings (SSSR count). The quantitative estimate of drug-likeness (QED) is 0.111. The Morgan fingerprint density at radius 2 is 1.03 bits per heavy atom. The highest BCUT2D eigenvalue weighted by atomic mass is 31.2. The third-order valence-electron chi connectivity index (χ3n) is 5.56. The molecule has 0 radical (unpaired) electrons. The summed E-state index contributed by atoms with van der Waals surface area (Å²) in [4.78, 5) is 11.9. The molecule has 0 fully saturated rings. The summed E-state index contributed by atoms with van der Waals surface area (Å²) < 4.78 is 22.8. The number of hydrogen-bond donors (Lipinski definition) is 0. The molecule has 1 unspecified atom stereocenters. The molecule has 1 atom stereocenters. The molecule has 0 bridgehead atoms. The lowest BCUT2D eigenvalue weighted by atomic mass is 10.1. The molecule has 0 aromatic carbocycles. The topological polar surface area (TPSA) is 58.6 Å². The van der Waals surface area contributed by atoms with Crippen LogP contribution >= 0.6 is 7.82 Å². The molecule has 0 saturated heterocycles. The molecule has 0 aliphatic carbocycles. The third kappa shape index (κ3) is 21.1. The van der Waals surface area contributed by atoms with Crippen molar-refractivity contribution >= 4 is 7.82 Å². The van der Waals surface area contributed by atoms with Crippen LogP contribution in [0.2, 0.25) is 0 Å². The second-order valence-corrected chi connectivity index (χ2v) is 10.5. The summed E-state index contributed by atoms with van der Waals surface area (Å²) >= 11 is 0. The zero-order valence-corrected chi connectivity index (χ0v) is 20.9. The molecule has 0 spiro atoms. The summed E-state index contributed by atoms with van der Waals surface area (Å²) in [6.45, 7) is 6.64. The first kappa shape index (κ1) is 29.1. The van der Waals surface area contributed by atoms with Crippen molar-refractivity contribution < 1.29 is 23.0 Å². The lowest BCUT2D eigenvalue weighted by Crippen LogP contribution is -2.43. The van der Waals surface area contributed by atoms with Gasteiger partial charge in [-0.15, -0.1) is 0 Å². The molecule has 29 heavy (non-hydrogen) atoms. The van der Waals surface area contributed by atoms with E-state index in [1.165, 1.54) is 77.0 Å². The predicted molar refractivity (Wildman–Crippen MR) is 122 cm³/mol. The summed E-state index contributed by atoms with van der Waals surface area (Å²) in [5, 5.41) is 0. The molecule has 176 valence electrons. The van der Waals surface area contributed by atoms with Gasteiger partial charge >= 0.3 is 0 Å². The van der Waals surface area contributed by atoms with Gasteiger partial charge in [0.1, 0.15) is 13.2 Å². The van der Waals surface area contributed by atoms with E-state index in [4.69, 9.17) is 9.05 Å². The molecule has 0 aromatic rings. The third-order valence-corrected chi connectivity index (χ3v) is 6.56. The van der Waals surface area contributed by atoms with Crippen molar-refractivity contribution in [2.45, 2.75) is 110 Å². The minimum absolute atomic E-state index is 0.196. The lowest BCUT2D eigenvalue weighted by Gasteiger charge is -2.31. The van der Waals surface area contributed by atoms with Gasteiger partial charge in [0.2, 0.25) is 0 Å². The molecule has 0 amide bonds. The van der Waals surface area contributed by atoms with Crippen molar-refractivity contribution in [3.8, 4) is 0 Å². The van der Waals surface area contributed by atoms with E-state index in [9.17, 15) is 9.46 Å². The van der Waals surface area contributed by atoms with Gasteiger partial charge in [0.05, 0.1) is 27.2 Å². The zero-order valence-electron chi connectivity index (χ0n) is 20.0. The van der Waals surface area contributed by atoms with Crippen LogP contribution in [0.15, 0.2) is 0 Å². The lowest BCUT2D eigenvalue weighted by molar-refractivity contribution is -0.890. The Balaban J connectivity index is 3.64. The molecular weight excluding hydrogens is 385 g/mol. The summed E-state index contributed by atoms with van der Waals surface area (Å²) in [6.07, 6.45) is 18.4. The van der Waals surface area contributed by atoms with E-state index >= 15 is 0 Å². The Kier molecular flexibility index (Phi) is 18.9. The van der Waals surface area contributed by atoms with Crippen LogP contribution in [0.25, 0.3) is 0 Å². The number of likely N-dealkylation sites (N-methyl/N-ethyl adjacent to an activating group) is 1. The van der Waals surface area contributed by atoms with Crippen LogP contribution in [0.1, 0.15) is 110 Å². The van der Waals surface area contributed by atoms with Crippen LogP contribution in [0.3, 0.4) is 0 Å². The van der Waals surface area contributed by atoms with Gasteiger partial charge < -0.3 is 18.4 Å². The first-order chi connectivity index (χ1) is 13.8. The first-order valence-corrected chi connectivity index (χ1v) is 13.7. The van der Waals surface area contributed by atoms with Gasteiger partial charge in [-0.05, 0) is 19.3 Å². The van der Waals surface area contributed by atoms with E-state index in [2.05, 4.69) is 27.9 Å². The van der Waals surface area contributed by atoms with Crippen LogP contribution in [0.4, 0.5) is 0 Å². The Bertz CT molecular complexity index is 404. The molecular formula is C23H50NO4P. The van der Waals surface area contributed by atoms with E-state index in [-0.39, 0.29) is 13.2 Å². The number of quaternary nitrogens is 1. The molecule has 0 aliphatic heterocycles. The van der Waals surface area contributed by atoms with Crippen LogP contribution in [0.5, 0.6) is 0 Å². The average molecular weight is 436 g/mol. The standard InChI is InChI=1S/C23H50NO4P/c1-5-7-9-11-13-14-15-17-19-22-27-29(25,26)28-23-21-24(3,4)20-18-16-12-10-8-6-2/h5-23H2,1-4H3. The first-order valence-electron chi connectivity index (χ1n) is 12.2. The number of rotatable bonds is 22. The van der Waals surface area contributed by atoms with Gasteiger partial charge in [0.25, 0.3) is 7.82 Å². The van der Waals surface area contributed by atoms with E-state index < -0.39 is 7.82 Å². The Hall–Kier alpha value is 0.0700. The van der Waals surface area contributed by atoms with E-state index in [1.807, 2.05) is 0 Å². The summed E-state index contributed by atoms with van der Waals surface area (Å²) in [5.41, 5.74) is 0. The van der Waals surface area contributed by atoms with Crippen molar-refractivity contribution in [3.05, 3.63) is 0 Å². The molecule has 0 N–H and O–H groups in total. The van der Waals surface area contributed by atoms with Gasteiger partial charge in [-0.1, -0.05) is 90.9 Å². The number of hydrogen-bond acceptors (Lipinski definition) is 4. The fourth-order valence-electron chi connectivity index (χ4n) is 3.46. The largest absolute Gasteiger partial charge is 0.756 e. The second-order valence-electron chi connectivity index (χ2n) is 9.09. The van der Waals surface area contributed by atoms with Crippen molar-refractivity contribution in [1.82, 2.24) is 0 Å². The smallest absolute Gasteiger partial charge is 0.268 e. The Labute approximate surface area is 181 Å². The van der Waals surface area contributed by atoms with E-state index in [0.717, 1.165) is 30.3 Å². The Morgan fingerprint density at radius 1 is 0.621 bits per heavy atom. The Morgan fingerprint density at radius 3 is 1.55 bits per heavy atom. The highest BCUT2D eigenvalue weighted by Crippen LogP contribution is 2.38. The summed E-state index contributed by atoms with van der Waals surface area (Å²) in [6, 6.07) is 0. The number of nitrogens with zero attached hydrogens (tertiary/aromatic N) is 1. The van der Waals surface area contributed by atoms with Crippen LogP contribution in [-0.4, -0.2) is 44.9 Å². The maximum absolute atomic E-state index is 11.9. The average Bonchev–Trinajstić information content (AvgIpc) is 2.65. The van der Waals surface area contributed by atoms with Gasteiger partial charge in [0, 0.05) is 0 Å². The van der Waals surface area contributed by atoms with Gasteiger partial charge in [-0.2, -0.15) is 0 Å². The van der Waals surface area contributed by atoms with Crippen molar-refractivity contribution in [2.24, 2.45) is 0 Å². The second kappa shape index (κ2) is 18.8. The SMILES string of the molecule is CCCCCCCCCCCOP(=O)([O-])OCC[N+](C)(C)CCCCCCCC. The van der Waals surface area contributed by atoms with Crippen LogP contribution in [0, 0.1) is 0 Å². The van der Waals surface area contributed by atoms with Crippen LogP contribution in [-0.2, 0) is 13.6 Å². The van der Waals surface area contributed by atoms with Crippen LogP contribution < -0.4 is 4.89 Å². The van der Waals surface area contributed by atoms with Crippen molar-refractivity contribution in [2.75, 3.05) is 40.4 Å². The fraction of sp³-hybridized carbons (Fsp3) is 1.00. The van der Waals surface area contributed by atoms with Crippen molar-refractivity contribution in [1.29, 1.82) is 0 Å². The fourth-order valence-corrected chi connectivity index (χ4v) is 4.19. The minimum atomic E-state index is -4.16. The highest BCUT2D eigenvalue weighted by Gasteiger charge is 2.17. The van der Waals surface area contributed by atoms with Gasteiger partial charge in [0.15, 0.2) is 0 Å². The molecule has 6 heteroatoms. The van der Waals surface area contributed by atoms with Gasteiger partial charge in [-0.25, -0.2) is 0 Å². The maximum atomic E-state index is 11.9. The molecule has 0 saturated carbocycles. The van der Waals surface area contributed by atoms with Crippen molar-refractivity contribution in [3.63, 3.8) is 0 Å². The summed E-state index contributed by atoms with van der Waals surface area (Å²) in [7, 11) is 0.110. The molecule has 0 aliphatic rings. The predicted octanol–water partition coefficient (Wildman–Crippen LogP) is 6.46. The molecule has 0 aromatic heterocycles. The van der Waals surface area contributed by atoms with Gasteiger partial charge in [-0.3, -0.25) is 4.57 Å². The monoisotopic (exact) mass is 435 g/mol. The summed E-state index contributed by atoms with van der Waals surface area (Å²) in [5.74, 6) is 0. The molecule has 5 nitrogen and oxygen atoms in total. The van der Waals surface area contributed by atoms with E-state index in [1.54, 1.807) is 0 Å². The normalized spacial score (nSPS) is 14.2.